The molecule has 1 atom stereocenters. The molecular weight excluding hydrogens is 396 g/mol. The van der Waals surface area contributed by atoms with E-state index >= 15 is 0 Å². The molecule has 0 radical (unpaired) electrons. The van der Waals surface area contributed by atoms with E-state index in [2.05, 4.69) is 5.32 Å². The van der Waals surface area contributed by atoms with E-state index in [0.29, 0.717) is 6.29 Å². The predicted octanol–water partition coefficient (Wildman–Crippen LogP) is 4.31. The second-order valence-corrected chi connectivity index (χ2v) is 8.13. The first-order valence-corrected chi connectivity index (χ1v) is 10.2. The molecule has 7 nitrogen and oxygen atoms in total. The Kier molecular flexibility index (Phi) is 9.06. The quantitative estimate of drug-likeness (QED) is 0.604. The molecule has 0 fully saturated rings. The minimum absolute atomic E-state index is 0.0407. The zero-order valence-corrected chi connectivity index (χ0v) is 18.2. The van der Waals surface area contributed by atoms with E-state index in [-0.39, 0.29) is 26.2 Å². The van der Waals surface area contributed by atoms with Gasteiger partial charge in [0.1, 0.15) is 19.5 Å². The van der Waals surface area contributed by atoms with Crippen LogP contribution < -0.4 is 5.32 Å². The van der Waals surface area contributed by atoms with Crippen molar-refractivity contribution < 1.29 is 23.9 Å². The smallest absolute Gasteiger partial charge is 0.410 e. The monoisotopic (exact) mass is 426 g/mol. The summed E-state index contributed by atoms with van der Waals surface area (Å²) in [5.41, 5.74) is 1.15. The van der Waals surface area contributed by atoms with Gasteiger partial charge in [-0.15, -0.1) is 0 Å². The van der Waals surface area contributed by atoms with E-state index in [4.69, 9.17) is 9.47 Å². The molecule has 0 aliphatic heterocycles. The van der Waals surface area contributed by atoms with Crippen LogP contribution in [-0.2, 0) is 27.5 Å². The van der Waals surface area contributed by atoms with Crippen molar-refractivity contribution in [2.75, 3.05) is 6.54 Å². The maximum Gasteiger partial charge on any atom is 0.410 e. The third-order valence-corrected chi connectivity index (χ3v) is 4.55. The van der Waals surface area contributed by atoms with Crippen molar-refractivity contribution in [1.29, 1.82) is 0 Å². The Hall–Kier alpha value is -3.35. The summed E-state index contributed by atoms with van der Waals surface area (Å²) in [4.78, 5) is 37.7. The van der Waals surface area contributed by atoms with Gasteiger partial charge in [0.05, 0.1) is 6.04 Å². The van der Waals surface area contributed by atoms with E-state index < -0.39 is 23.8 Å². The van der Waals surface area contributed by atoms with Gasteiger partial charge in [-0.05, 0) is 31.9 Å². The number of carbonyl (C=O) groups is 3. The second kappa shape index (κ2) is 11.7. The van der Waals surface area contributed by atoms with Gasteiger partial charge in [0.15, 0.2) is 0 Å². The molecule has 0 bridgehead atoms. The van der Waals surface area contributed by atoms with Gasteiger partial charge < -0.3 is 24.5 Å². The highest BCUT2D eigenvalue weighted by atomic mass is 16.6. The fourth-order valence-electron chi connectivity index (χ4n) is 2.87. The summed E-state index contributed by atoms with van der Waals surface area (Å²) in [5, 5.41) is 2.68. The number of hydrogen-bond donors (Lipinski definition) is 1. The average molecular weight is 427 g/mol. The molecule has 31 heavy (non-hydrogen) atoms. The highest BCUT2D eigenvalue weighted by Crippen LogP contribution is 2.17. The Balaban J connectivity index is 1.97. The summed E-state index contributed by atoms with van der Waals surface area (Å²) in [6, 6.07) is 18.0. The minimum atomic E-state index is -0.651. The second-order valence-electron chi connectivity index (χ2n) is 8.13. The highest BCUT2D eigenvalue weighted by Gasteiger charge is 2.31. The number of aldehydes is 1. The summed E-state index contributed by atoms with van der Waals surface area (Å²) in [6.07, 6.45) is -0.425. The van der Waals surface area contributed by atoms with Gasteiger partial charge in [-0.1, -0.05) is 60.7 Å². The number of carbonyl (C=O) groups excluding carboxylic acids is 3. The Bertz CT molecular complexity index is 834. The van der Waals surface area contributed by atoms with Gasteiger partial charge in [0.2, 0.25) is 0 Å². The zero-order valence-electron chi connectivity index (χ0n) is 18.2. The molecule has 0 aliphatic rings. The fourth-order valence-corrected chi connectivity index (χ4v) is 2.87. The summed E-state index contributed by atoms with van der Waals surface area (Å²) in [5.74, 6) is 0. The van der Waals surface area contributed by atoms with Crippen LogP contribution in [0.2, 0.25) is 0 Å². The Morgan fingerprint density at radius 3 is 1.94 bits per heavy atom. The number of nitrogens with zero attached hydrogens (tertiary/aromatic N) is 1. The molecule has 0 heterocycles. The van der Waals surface area contributed by atoms with Crippen LogP contribution >= 0.6 is 0 Å². The van der Waals surface area contributed by atoms with Crippen LogP contribution in [-0.4, -0.2) is 41.5 Å². The Morgan fingerprint density at radius 2 is 1.45 bits per heavy atom. The molecule has 0 aromatic heterocycles. The van der Waals surface area contributed by atoms with Gasteiger partial charge >= 0.3 is 12.2 Å². The van der Waals surface area contributed by atoms with Crippen LogP contribution in [0.3, 0.4) is 0 Å². The lowest BCUT2D eigenvalue weighted by Gasteiger charge is -2.37. The molecule has 0 saturated heterocycles. The summed E-state index contributed by atoms with van der Waals surface area (Å²) in [7, 11) is 0. The number of ether oxygens (including phenoxy) is 2. The van der Waals surface area contributed by atoms with Crippen molar-refractivity contribution in [3.05, 3.63) is 71.8 Å². The standard InChI is InChI=1S/C24H30N2O5/c1-24(2,3)26(23(29)31-18-20-12-8-5-9-13-20)16-21(14-15-27)25-22(28)30-17-19-10-6-4-7-11-19/h4-13,15,21H,14,16-18H2,1-3H3,(H,25,28)/t21-/m0/s1. The first-order chi connectivity index (χ1) is 14.8. The van der Waals surface area contributed by atoms with Crippen LogP contribution in [0.4, 0.5) is 9.59 Å². The molecule has 2 amide bonds. The zero-order chi connectivity index (χ0) is 22.7. The SMILES string of the molecule is CC(C)(C)N(C[C@H](CC=O)NC(=O)OCc1ccccc1)C(=O)OCc1ccccc1. The number of hydrogen-bond acceptors (Lipinski definition) is 5. The van der Waals surface area contributed by atoms with Crippen LogP contribution in [0, 0.1) is 0 Å². The molecule has 0 unspecified atom stereocenters. The molecule has 166 valence electrons. The van der Waals surface area contributed by atoms with E-state index in [1.54, 1.807) is 0 Å². The van der Waals surface area contributed by atoms with E-state index in [0.717, 1.165) is 11.1 Å². The van der Waals surface area contributed by atoms with Crippen LogP contribution in [0.25, 0.3) is 0 Å². The number of nitrogens with one attached hydrogen (secondary N) is 1. The predicted molar refractivity (Wildman–Crippen MR) is 117 cm³/mol. The van der Waals surface area contributed by atoms with Gasteiger partial charge in [-0.2, -0.15) is 0 Å². The molecule has 2 aromatic carbocycles. The average Bonchev–Trinajstić information content (AvgIpc) is 2.75. The molecule has 7 heteroatoms. The van der Waals surface area contributed by atoms with Crippen LogP contribution in [0.5, 0.6) is 0 Å². The highest BCUT2D eigenvalue weighted by molar-refractivity contribution is 5.70. The normalized spacial score (nSPS) is 11.8. The maximum absolute atomic E-state index is 12.8. The van der Waals surface area contributed by atoms with E-state index in [1.165, 1.54) is 4.90 Å². The van der Waals surface area contributed by atoms with Crippen molar-refractivity contribution >= 4 is 18.5 Å². The molecule has 0 spiro atoms. The van der Waals surface area contributed by atoms with Gasteiger partial charge in [0.25, 0.3) is 0 Å². The lowest BCUT2D eigenvalue weighted by atomic mass is 10.0. The number of amides is 2. The molecule has 2 aromatic rings. The van der Waals surface area contributed by atoms with Gasteiger partial charge in [-0.3, -0.25) is 0 Å². The maximum atomic E-state index is 12.8. The fraction of sp³-hybridized carbons (Fsp3) is 0.375. The third kappa shape index (κ3) is 8.50. The van der Waals surface area contributed by atoms with Crippen molar-refractivity contribution in [2.24, 2.45) is 0 Å². The molecular formula is C24H30N2O5. The minimum Gasteiger partial charge on any atom is -0.445 e. The number of rotatable bonds is 9. The summed E-state index contributed by atoms with van der Waals surface area (Å²) < 4.78 is 10.7. The van der Waals surface area contributed by atoms with Crippen LogP contribution in [0.1, 0.15) is 38.3 Å². The van der Waals surface area contributed by atoms with Crippen molar-refractivity contribution in [3.8, 4) is 0 Å². The lowest BCUT2D eigenvalue weighted by molar-refractivity contribution is -0.108. The molecule has 0 aliphatic carbocycles. The number of alkyl carbamates (subject to hydrolysis) is 1. The van der Waals surface area contributed by atoms with Crippen molar-refractivity contribution in [1.82, 2.24) is 10.2 Å². The Morgan fingerprint density at radius 1 is 0.935 bits per heavy atom. The number of benzene rings is 2. The van der Waals surface area contributed by atoms with Crippen molar-refractivity contribution in [2.45, 2.75) is 52.0 Å². The van der Waals surface area contributed by atoms with E-state index in [9.17, 15) is 14.4 Å². The molecule has 0 saturated carbocycles. The first-order valence-electron chi connectivity index (χ1n) is 10.2. The lowest BCUT2D eigenvalue weighted by Crippen LogP contribution is -2.53. The van der Waals surface area contributed by atoms with Crippen molar-refractivity contribution in [3.63, 3.8) is 0 Å². The van der Waals surface area contributed by atoms with Gasteiger partial charge in [0, 0.05) is 18.5 Å². The van der Waals surface area contributed by atoms with Crippen LogP contribution in [0.15, 0.2) is 60.7 Å². The van der Waals surface area contributed by atoms with Gasteiger partial charge in [-0.25, -0.2) is 9.59 Å². The largest absolute Gasteiger partial charge is 0.445 e. The third-order valence-electron chi connectivity index (χ3n) is 4.55. The Labute approximate surface area is 183 Å². The molecule has 1 N–H and O–H groups in total. The summed E-state index contributed by atoms with van der Waals surface area (Å²) in [6.45, 7) is 5.95. The van der Waals surface area contributed by atoms with E-state index in [1.807, 2.05) is 81.4 Å². The molecule has 2 rings (SSSR count). The first kappa shape index (κ1) is 23.9. The summed E-state index contributed by atoms with van der Waals surface area (Å²) >= 11 is 0. The topological polar surface area (TPSA) is 84.9 Å².